The van der Waals surface area contributed by atoms with Gasteiger partial charge in [-0.1, -0.05) is 0 Å². The zero-order valence-corrected chi connectivity index (χ0v) is 9.26. The third kappa shape index (κ3) is 2.02. The van der Waals surface area contributed by atoms with Crippen LogP contribution in [0.4, 0.5) is 5.82 Å². The predicted octanol–water partition coefficient (Wildman–Crippen LogP) is 3.12. The number of aromatic nitrogens is 1. The molecule has 0 spiro atoms. The van der Waals surface area contributed by atoms with E-state index in [9.17, 15) is 0 Å². The third-order valence-electron chi connectivity index (χ3n) is 2.50. The highest BCUT2D eigenvalue weighted by atomic mass is 79.9. The average molecular weight is 241 g/mol. The van der Waals surface area contributed by atoms with Gasteiger partial charge in [0.1, 0.15) is 5.82 Å². The van der Waals surface area contributed by atoms with Crippen molar-refractivity contribution in [3.63, 3.8) is 0 Å². The topological polar surface area (TPSA) is 24.9 Å². The van der Waals surface area contributed by atoms with E-state index >= 15 is 0 Å². The maximum Gasteiger partial charge on any atom is 0.126 e. The molecule has 0 aliphatic heterocycles. The van der Waals surface area contributed by atoms with Crippen molar-refractivity contribution in [2.45, 2.75) is 32.2 Å². The summed E-state index contributed by atoms with van der Waals surface area (Å²) in [5, 5.41) is 3.41. The van der Waals surface area contributed by atoms with Crippen molar-refractivity contribution in [1.29, 1.82) is 0 Å². The minimum Gasteiger partial charge on any atom is -0.367 e. The summed E-state index contributed by atoms with van der Waals surface area (Å²) in [5.74, 6) is 1.01. The summed E-state index contributed by atoms with van der Waals surface area (Å²) in [6.07, 6.45) is 5.79. The SMILES string of the molecule is Cc1cc(NC2CCC2)ncc1Br. The Morgan fingerprint density at radius 1 is 1.54 bits per heavy atom. The van der Waals surface area contributed by atoms with Crippen molar-refractivity contribution in [2.24, 2.45) is 0 Å². The van der Waals surface area contributed by atoms with Crippen molar-refractivity contribution in [2.75, 3.05) is 5.32 Å². The number of halogens is 1. The molecule has 0 bridgehead atoms. The van der Waals surface area contributed by atoms with Gasteiger partial charge in [0.2, 0.25) is 0 Å². The average Bonchev–Trinajstić information content (AvgIpc) is 2.04. The molecule has 13 heavy (non-hydrogen) atoms. The van der Waals surface area contributed by atoms with Crippen LogP contribution in [0.25, 0.3) is 0 Å². The van der Waals surface area contributed by atoms with E-state index in [1.54, 1.807) is 0 Å². The number of hydrogen-bond donors (Lipinski definition) is 1. The summed E-state index contributed by atoms with van der Waals surface area (Å²) in [5.41, 5.74) is 1.23. The molecule has 70 valence electrons. The first kappa shape index (κ1) is 9.00. The van der Waals surface area contributed by atoms with Gasteiger partial charge in [0.25, 0.3) is 0 Å². The van der Waals surface area contributed by atoms with Crippen LogP contribution in [-0.2, 0) is 0 Å². The third-order valence-corrected chi connectivity index (χ3v) is 3.33. The molecule has 0 amide bonds. The van der Waals surface area contributed by atoms with E-state index in [0.29, 0.717) is 6.04 Å². The lowest BCUT2D eigenvalue weighted by Crippen LogP contribution is -2.27. The van der Waals surface area contributed by atoms with Crippen LogP contribution < -0.4 is 5.32 Å². The smallest absolute Gasteiger partial charge is 0.126 e. The van der Waals surface area contributed by atoms with Gasteiger partial charge in [-0.2, -0.15) is 0 Å². The van der Waals surface area contributed by atoms with Crippen LogP contribution in [0, 0.1) is 6.92 Å². The van der Waals surface area contributed by atoms with Crippen molar-refractivity contribution in [3.8, 4) is 0 Å². The molecule has 2 nitrogen and oxygen atoms in total. The maximum atomic E-state index is 4.30. The Hall–Kier alpha value is -0.570. The Morgan fingerprint density at radius 2 is 2.31 bits per heavy atom. The van der Waals surface area contributed by atoms with Crippen LogP contribution in [0.15, 0.2) is 16.7 Å². The molecule has 1 aromatic heterocycles. The zero-order valence-electron chi connectivity index (χ0n) is 7.68. The highest BCUT2D eigenvalue weighted by Crippen LogP contribution is 2.24. The van der Waals surface area contributed by atoms with Gasteiger partial charge in [0.05, 0.1) is 0 Å². The number of aryl methyl sites for hydroxylation is 1. The summed E-state index contributed by atoms with van der Waals surface area (Å²) >= 11 is 3.44. The van der Waals surface area contributed by atoms with Crippen molar-refractivity contribution >= 4 is 21.7 Å². The van der Waals surface area contributed by atoms with Gasteiger partial charge >= 0.3 is 0 Å². The fraction of sp³-hybridized carbons (Fsp3) is 0.500. The summed E-state index contributed by atoms with van der Waals surface area (Å²) in [7, 11) is 0. The molecule has 1 saturated carbocycles. The normalized spacial score (nSPS) is 16.8. The van der Waals surface area contributed by atoms with E-state index in [1.807, 2.05) is 6.20 Å². The molecule has 1 heterocycles. The molecule has 2 rings (SSSR count). The Kier molecular flexibility index (Phi) is 2.54. The monoisotopic (exact) mass is 240 g/mol. The number of anilines is 1. The van der Waals surface area contributed by atoms with Gasteiger partial charge < -0.3 is 5.32 Å². The van der Waals surface area contributed by atoms with Crippen molar-refractivity contribution in [3.05, 3.63) is 22.3 Å². The standard InChI is InChI=1S/C10H13BrN2/c1-7-5-10(12-6-9(7)11)13-8-3-2-4-8/h5-6,8H,2-4H2,1H3,(H,12,13). The van der Waals surface area contributed by atoms with Crippen LogP contribution in [0.5, 0.6) is 0 Å². The number of nitrogens with one attached hydrogen (secondary N) is 1. The number of rotatable bonds is 2. The predicted molar refractivity (Wildman–Crippen MR) is 57.9 cm³/mol. The second kappa shape index (κ2) is 3.66. The second-order valence-corrected chi connectivity index (χ2v) is 4.45. The van der Waals surface area contributed by atoms with Crippen LogP contribution in [-0.4, -0.2) is 11.0 Å². The largest absolute Gasteiger partial charge is 0.367 e. The van der Waals surface area contributed by atoms with Gasteiger partial charge in [0, 0.05) is 16.7 Å². The number of nitrogens with zero attached hydrogens (tertiary/aromatic N) is 1. The van der Waals surface area contributed by atoms with Gasteiger partial charge in [-0.25, -0.2) is 4.98 Å². The fourth-order valence-corrected chi connectivity index (χ4v) is 1.60. The first-order valence-corrected chi connectivity index (χ1v) is 5.43. The van der Waals surface area contributed by atoms with E-state index in [-0.39, 0.29) is 0 Å². The summed E-state index contributed by atoms with van der Waals surface area (Å²) in [4.78, 5) is 4.30. The zero-order chi connectivity index (χ0) is 9.26. The molecular formula is C10H13BrN2. The van der Waals surface area contributed by atoms with E-state index in [2.05, 4.69) is 39.2 Å². The Morgan fingerprint density at radius 3 is 2.85 bits per heavy atom. The van der Waals surface area contributed by atoms with Crippen molar-refractivity contribution in [1.82, 2.24) is 4.98 Å². The maximum absolute atomic E-state index is 4.30. The molecule has 1 N–H and O–H groups in total. The van der Waals surface area contributed by atoms with Crippen molar-refractivity contribution < 1.29 is 0 Å². The number of pyridine rings is 1. The second-order valence-electron chi connectivity index (χ2n) is 3.59. The molecule has 0 unspecified atom stereocenters. The summed E-state index contributed by atoms with van der Waals surface area (Å²) in [6, 6.07) is 2.75. The molecule has 0 saturated heterocycles. The lowest BCUT2D eigenvalue weighted by molar-refractivity contribution is 0.444. The van der Waals surface area contributed by atoms with Crippen LogP contribution in [0.3, 0.4) is 0 Å². The Labute approximate surface area is 86.9 Å². The molecule has 1 aliphatic carbocycles. The quantitative estimate of drug-likeness (QED) is 0.860. The lowest BCUT2D eigenvalue weighted by atomic mass is 9.93. The van der Waals surface area contributed by atoms with Crippen LogP contribution in [0.2, 0.25) is 0 Å². The molecule has 0 atom stereocenters. The van der Waals surface area contributed by atoms with Gasteiger partial charge in [-0.05, 0) is 53.7 Å². The lowest BCUT2D eigenvalue weighted by Gasteiger charge is -2.27. The molecule has 1 aliphatic rings. The number of hydrogen-bond acceptors (Lipinski definition) is 2. The summed E-state index contributed by atoms with van der Waals surface area (Å²) in [6.45, 7) is 2.08. The minimum absolute atomic E-state index is 0.660. The first-order chi connectivity index (χ1) is 6.25. The molecule has 1 fully saturated rings. The van der Waals surface area contributed by atoms with Gasteiger partial charge in [0.15, 0.2) is 0 Å². The van der Waals surface area contributed by atoms with E-state index in [0.717, 1.165) is 10.3 Å². The van der Waals surface area contributed by atoms with E-state index in [4.69, 9.17) is 0 Å². The molecular weight excluding hydrogens is 228 g/mol. The first-order valence-electron chi connectivity index (χ1n) is 4.64. The minimum atomic E-state index is 0.660. The van der Waals surface area contributed by atoms with E-state index < -0.39 is 0 Å². The Bertz CT molecular complexity index is 308. The summed E-state index contributed by atoms with van der Waals surface area (Å²) < 4.78 is 1.08. The van der Waals surface area contributed by atoms with Crippen LogP contribution >= 0.6 is 15.9 Å². The fourth-order valence-electron chi connectivity index (χ4n) is 1.38. The van der Waals surface area contributed by atoms with E-state index in [1.165, 1.54) is 24.8 Å². The highest BCUT2D eigenvalue weighted by Gasteiger charge is 2.17. The van der Waals surface area contributed by atoms with Gasteiger partial charge in [-0.15, -0.1) is 0 Å². The van der Waals surface area contributed by atoms with Crippen LogP contribution in [0.1, 0.15) is 24.8 Å². The molecule has 0 aromatic carbocycles. The molecule has 0 radical (unpaired) electrons. The van der Waals surface area contributed by atoms with Gasteiger partial charge in [-0.3, -0.25) is 0 Å². The molecule has 3 heteroatoms. The highest BCUT2D eigenvalue weighted by molar-refractivity contribution is 9.10. The Balaban J connectivity index is 2.07. The molecule has 1 aromatic rings.